The Bertz CT molecular complexity index is 1090. The van der Waals surface area contributed by atoms with Gasteiger partial charge in [-0.1, -0.05) is 42.5 Å². The molecule has 1 aromatic heterocycles. The number of aliphatic imine (C=N–C) groups is 1. The first-order valence-corrected chi connectivity index (χ1v) is 11.6. The number of primary amides is 1. The molecule has 1 saturated heterocycles. The molecule has 2 unspecified atom stereocenters. The highest BCUT2D eigenvalue weighted by molar-refractivity contribution is 5.81. The molecule has 7 heteroatoms. The maximum Gasteiger partial charge on any atom is 0.221 e. The summed E-state index contributed by atoms with van der Waals surface area (Å²) in [7, 11) is 1.77. The molecule has 2 atom stereocenters. The fraction of sp³-hybridized carbons (Fsp3) is 0.385. The quantitative estimate of drug-likeness (QED) is 0.380. The summed E-state index contributed by atoms with van der Waals surface area (Å²) < 4.78 is 5.97. The number of piperidine rings is 1. The van der Waals surface area contributed by atoms with E-state index in [1.807, 2.05) is 24.3 Å². The zero-order valence-corrected chi connectivity index (χ0v) is 19.4. The van der Waals surface area contributed by atoms with E-state index in [2.05, 4.69) is 57.8 Å². The molecule has 0 radical (unpaired) electrons. The zero-order valence-electron chi connectivity index (χ0n) is 19.4. The summed E-state index contributed by atoms with van der Waals surface area (Å²) >= 11 is 0. The first-order valence-electron chi connectivity index (χ1n) is 11.6. The van der Waals surface area contributed by atoms with Crippen molar-refractivity contribution in [2.45, 2.75) is 38.9 Å². The van der Waals surface area contributed by atoms with E-state index in [0.717, 1.165) is 49.2 Å². The van der Waals surface area contributed by atoms with Gasteiger partial charge in [-0.2, -0.15) is 0 Å². The molecule has 1 aliphatic rings. The van der Waals surface area contributed by atoms with Gasteiger partial charge in [0.15, 0.2) is 5.96 Å². The van der Waals surface area contributed by atoms with Crippen molar-refractivity contribution in [2.24, 2.45) is 16.6 Å². The molecule has 33 heavy (non-hydrogen) atoms. The molecule has 0 spiro atoms. The van der Waals surface area contributed by atoms with Gasteiger partial charge < -0.3 is 20.8 Å². The van der Waals surface area contributed by atoms with Gasteiger partial charge in [-0.05, 0) is 49.6 Å². The third-order valence-corrected chi connectivity index (χ3v) is 6.21. The number of nitrogens with two attached hydrogens (primary N) is 1. The highest BCUT2D eigenvalue weighted by Gasteiger charge is 2.23. The molecule has 1 amide bonds. The van der Waals surface area contributed by atoms with Gasteiger partial charge in [-0.25, -0.2) is 0 Å². The first kappa shape index (κ1) is 22.9. The summed E-state index contributed by atoms with van der Waals surface area (Å²) in [5.74, 6) is 1.37. The van der Waals surface area contributed by atoms with Crippen LogP contribution < -0.4 is 16.4 Å². The molecule has 4 rings (SSSR count). The Morgan fingerprint density at radius 2 is 2.03 bits per heavy atom. The Hall–Kier alpha value is -3.32. The molecule has 4 N–H and O–H groups in total. The molecular weight excluding hydrogens is 414 g/mol. The summed E-state index contributed by atoms with van der Waals surface area (Å²) in [6.07, 6.45) is 1.91. The standard InChI is InChI=1S/C26H33N5O2/c1-18(24-14-21-9-3-4-11-23(21)33-24)30-26(28-2)29-15-19-7-5-8-20(13-19)16-31-12-6-10-22(17-31)25(27)32/h3-5,7-9,11,13-14,18,22H,6,10,12,15-17H2,1-2H3,(H2,27,32)(H2,28,29,30). The van der Waals surface area contributed by atoms with Crippen molar-refractivity contribution < 1.29 is 9.21 Å². The number of nitrogens with one attached hydrogen (secondary N) is 2. The highest BCUT2D eigenvalue weighted by Crippen LogP contribution is 2.23. The summed E-state index contributed by atoms with van der Waals surface area (Å²) in [6.45, 7) is 5.29. The van der Waals surface area contributed by atoms with Crippen LogP contribution in [-0.4, -0.2) is 36.9 Å². The highest BCUT2D eigenvalue weighted by atomic mass is 16.3. The Morgan fingerprint density at radius 1 is 1.21 bits per heavy atom. The number of hydrogen-bond donors (Lipinski definition) is 3. The number of benzene rings is 2. The Labute approximate surface area is 195 Å². The van der Waals surface area contributed by atoms with Gasteiger partial charge in [-0.3, -0.25) is 14.7 Å². The fourth-order valence-electron chi connectivity index (χ4n) is 4.40. The first-order chi connectivity index (χ1) is 16.0. The fourth-order valence-corrected chi connectivity index (χ4v) is 4.40. The van der Waals surface area contributed by atoms with Gasteiger partial charge >= 0.3 is 0 Å². The van der Waals surface area contributed by atoms with Crippen LogP contribution >= 0.6 is 0 Å². The van der Waals surface area contributed by atoms with Crippen molar-refractivity contribution in [2.75, 3.05) is 20.1 Å². The molecule has 0 aliphatic carbocycles. The summed E-state index contributed by atoms with van der Waals surface area (Å²) in [4.78, 5) is 18.2. The average molecular weight is 448 g/mol. The van der Waals surface area contributed by atoms with E-state index in [-0.39, 0.29) is 17.9 Å². The van der Waals surface area contributed by atoms with E-state index < -0.39 is 0 Å². The van der Waals surface area contributed by atoms with Crippen LogP contribution in [0.15, 0.2) is 64.0 Å². The number of nitrogens with zero attached hydrogens (tertiary/aromatic N) is 2. The van der Waals surface area contributed by atoms with Crippen LogP contribution in [0.5, 0.6) is 0 Å². The van der Waals surface area contributed by atoms with Crippen molar-refractivity contribution in [3.8, 4) is 0 Å². The van der Waals surface area contributed by atoms with Crippen LogP contribution in [0.25, 0.3) is 11.0 Å². The van der Waals surface area contributed by atoms with Crippen LogP contribution in [0, 0.1) is 5.92 Å². The van der Waals surface area contributed by atoms with E-state index in [1.54, 1.807) is 7.05 Å². The predicted octanol–water partition coefficient (Wildman–Crippen LogP) is 3.56. The number of amides is 1. The van der Waals surface area contributed by atoms with E-state index in [9.17, 15) is 4.79 Å². The lowest BCUT2D eigenvalue weighted by atomic mass is 9.97. The minimum atomic E-state index is -0.187. The second-order valence-electron chi connectivity index (χ2n) is 8.77. The molecule has 1 aliphatic heterocycles. The molecule has 2 aromatic carbocycles. The number of furan rings is 1. The predicted molar refractivity (Wildman–Crippen MR) is 132 cm³/mol. The van der Waals surface area contributed by atoms with Gasteiger partial charge in [0.25, 0.3) is 0 Å². The molecule has 1 fully saturated rings. The number of likely N-dealkylation sites (tertiary alicyclic amines) is 1. The lowest BCUT2D eigenvalue weighted by molar-refractivity contribution is -0.123. The largest absolute Gasteiger partial charge is 0.459 e. The molecule has 174 valence electrons. The lowest BCUT2D eigenvalue weighted by Gasteiger charge is -2.31. The average Bonchev–Trinajstić information content (AvgIpc) is 3.26. The van der Waals surface area contributed by atoms with Crippen LogP contribution in [0.3, 0.4) is 0 Å². The van der Waals surface area contributed by atoms with Crippen molar-refractivity contribution in [1.82, 2.24) is 15.5 Å². The molecule has 7 nitrogen and oxygen atoms in total. The number of carbonyl (C=O) groups excluding carboxylic acids is 1. The molecular formula is C26H33N5O2. The summed E-state index contributed by atoms with van der Waals surface area (Å²) in [5.41, 5.74) is 8.82. The second kappa shape index (κ2) is 10.5. The van der Waals surface area contributed by atoms with Gasteiger partial charge in [0.1, 0.15) is 11.3 Å². The Balaban J connectivity index is 1.32. The van der Waals surface area contributed by atoms with Crippen LogP contribution in [0.4, 0.5) is 0 Å². The normalized spacial score (nSPS) is 18.2. The summed E-state index contributed by atoms with van der Waals surface area (Å²) in [5, 5.41) is 7.89. The van der Waals surface area contributed by atoms with Gasteiger partial charge in [0, 0.05) is 32.1 Å². The molecule has 3 aromatic rings. The van der Waals surface area contributed by atoms with Crippen molar-refractivity contribution >= 4 is 22.8 Å². The summed E-state index contributed by atoms with van der Waals surface area (Å²) in [6, 6.07) is 18.6. The number of rotatable bonds is 7. The van der Waals surface area contributed by atoms with Crippen LogP contribution in [0.1, 0.15) is 42.7 Å². The van der Waals surface area contributed by atoms with Crippen molar-refractivity contribution in [3.63, 3.8) is 0 Å². The second-order valence-corrected chi connectivity index (χ2v) is 8.77. The molecule has 0 bridgehead atoms. The smallest absolute Gasteiger partial charge is 0.221 e. The van der Waals surface area contributed by atoms with E-state index in [1.165, 1.54) is 11.1 Å². The Kier molecular flexibility index (Phi) is 7.29. The van der Waals surface area contributed by atoms with E-state index in [4.69, 9.17) is 10.2 Å². The number of para-hydroxylation sites is 1. The minimum Gasteiger partial charge on any atom is -0.459 e. The van der Waals surface area contributed by atoms with Gasteiger partial charge in [0.2, 0.25) is 5.91 Å². The third-order valence-electron chi connectivity index (χ3n) is 6.21. The van der Waals surface area contributed by atoms with Gasteiger partial charge in [-0.15, -0.1) is 0 Å². The maximum atomic E-state index is 11.6. The van der Waals surface area contributed by atoms with Crippen molar-refractivity contribution in [1.29, 1.82) is 0 Å². The zero-order chi connectivity index (χ0) is 23.2. The van der Waals surface area contributed by atoms with Crippen molar-refractivity contribution in [3.05, 3.63) is 71.5 Å². The Morgan fingerprint density at radius 3 is 2.82 bits per heavy atom. The monoisotopic (exact) mass is 447 g/mol. The minimum absolute atomic E-state index is 0.0211. The van der Waals surface area contributed by atoms with E-state index in [0.29, 0.717) is 12.5 Å². The lowest BCUT2D eigenvalue weighted by Crippen LogP contribution is -2.40. The molecule has 2 heterocycles. The number of guanidine groups is 1. The number of hydrogen-bond acceptors (Lipinski definition) is 4. The topological polar surface area (TPSA) is 95.9 Å². The van der Waals surface area contributed by atoms with E-state index >= 15 is 0 Å². The number of carbonyl (C=O) groups is 1. The molecule has 0 saturated carbocycles. The maximum absolute atomic E-state index is 11.6. The third kappa shape index (κ3) is 5.93. The van der Waals surface area contributed by atoms with Crippen LogP contribution in [-0.2, 0) is 17.9 Å². The van der Waals surface area contributed by atoms with Crippen LogP contribution in [0.2, 0.25) is 0 Å². The van der Waals surface area contributed by atoms with Gasteiger partial charge in [0.05, 0.1) is 12.0 Å². The number of fused-ring (bicyclic) bond motifs is 1. The SMILES string of the molecule is CN=C(NCc1cccc(CN2CCCC(C(N)=O)C2)c1)NC(C)c1cc2ccccc2o1.